The molecule has 1 aliphatic rings. The summed E-state index contributed by atoms with van der Waals surface area (Å²) in [5.41, 5.74) is 2.14. The second-order valence-corrected chi connectivity index (χ2v) is 3.14. The third-order valence-electron chi connectivity index (χ3n) is 2.03. The number of fused-ring (bicyclic) bond motifs is 1. The predicted molar refractivity (Wildman–Crippen MR) is 63.5 cm³/mol. The Morgan fingerprint density at radius 1 is 1.13 bits per heavy atom. The molecule has 0 aliphatic carbocycles. The van der Waals surface area contributed by atoms with Gasteiger partial charge < -0.3 is 9.47 Å². The molecule has 1 aliphatic heterocycles. The van der Waals surface area contributed by atoms with Crippen LogP contribution in [0.1, 0.15) is 26.3 Å². The zero-order valence-corrected chi connectivity index (χ0v) is 9.67. The third kappa shape index (κ3) is 2.75. The molecule has 2 rings (SSSR count). The molecule has 0 saturated heterocycles. The lowest BCUT2D eigenvalue weighted by Crippen LogP contribution is -2.15. The van der Waals surface area contributed by atoms with Gasteiger partial charge >= 0.3 is 0 Å². The number of hydrogen-bond donors (Lipinski definition) is 0. The van der Waals surface area contributed by atoms with E-state index in [1.165, 1.54) is 0 Å². The molecule has 0 amide bonds. The van der Waals surface area contributed by atoms with Crippen molar-refractivity contribution in [3.8, 4) is 11.5 Å². The molecule has 1 aromatic rings. The molecule has 1 heterocycles. The molecule has 0 saturated carbocycles. The van der Waals surface area contributed by atoms with Crippen molar-refractivity contribution in [3.63, 3.8) is 0 Å². The fourth-order valence-corrected chi connectivity index (χ4v) is 1.31. The van der Waals surface area contributed by atoms with E-state index in [9.17, 15) is 0 Å². The van der Waals surface area contributed by atoms with E-state index in [1.807, 2.05) is 39.0 Å². The van der Waals surface area contributed by atoms with Crippen molar-refractivity contribution in [1.82, 2.24) is 0 Å². The van der Waals surface area contributed by atoms with Gasteiger partial charge in [-0.1, -0.05) is 32.1 Å². The monoisotopic (exact) mass is 206 g/mol. The molecule has 15 heavy (non-hydrogen) atoms. The fourth-order valence-electron chi connectivity index (χ4n) is 1.31. The van der Waals surface area contributed by atoms with E-state index < -0.39 is 0 Å². The highest BCUT2D eigenvalue weighted by atomic mass is 16.6. The largest absolute Gasteiger partial charge is 0.486 e. The van der Waals surface area contributed by atoms with Gasteiger partial charge in [0, 0.05) is 0 Å². The summed E-state index contributed by atoms with van der Waals surface area (Å²) in [6.07, 6.45) is 0. The highest BCUT2D eigenvalue weighted by molar-refractivity contribution is 5.64. The Morgan fingerprint density at radius 2 is 1.73 bits per heavy atom. The molecule has 0 bridgehead atoms. The first-order valence-electron chi connectivity index (χ1n) is 5.33. The summed E-state index contributed by atoms with van der Waals surface area (Å²) < 4.78 is 10.9. The third-order valence-corrected chi connectivity index (χ3v) is 2.03. The first-order valence-corrected chi connectivity index (χ1v) is 5.33. The summed E-state index contributed by atoms with van der Waals surface area (Å²) >= 11 is 0. The molecule has 0 N–H and O–H groups in total. The quantitative estimate of drug-likeness (QED) is 0.700. The van der Waals surface area contributed by atoms with Gasteiger partial charge in [-0.2, -0.15) is 0 Å². The molecule has 0 spiro atoms. The van der Waals surface area contributed by atoms with E-state index in [4.69, 9.17) is 9.47 Å². The SMILES string of the molecule is C=C(C)c1ccc2c(c1)OCCO2.CC. The van der Waals surface area contributed by atoms with Crippen molar-refractivity contribution in [3.05, 3.63) is 30.3 Å². The van der Waals surface area contributed by atoms with Crippen molar-refractivity contribution in [2.24, 2.45) is 0 Å². The van der Waals surface area contributed by atoms with Crippen LogP contribution in [0, 0.1) is 0 Å². The standard InChI is InChI=1S/C11H12O2.C2H6/c1-8(2)9-3-4-10-11(7-9)13-6-5-12-10;1-2/h3-4,7H,1,5-6H2,2H3;1-2H3. The van der Waals surface area contributed by atoms with E-state index in [1.54, 1.807) is 0 Å². The zero-order chi connectivity index (χ0) is 11.3. The van der Waals surface area contributed by atoms with E-state index >= 15 is 0 Å². The van der Waals surface area contributed by atoms with Crippen LogP contribution in [0.2, 0.25) is 0 Å². The summed E-state index contributed by atoms with van der Waals surface area (Å²) in [5.74, 6) is 1.66. The summed E-state index contributed by atoms with van der Waals surface area (Å²) in [5, 5.41) is 0. The van der Waals surface area contributed by atoms with Crippen molar-refractivity contribution in [2.75, 3.05) is 13.2 Å². The zero-order valence-electron chi connectivity index (χ0n) is 9.67. The lowest BCUT2D eigenvalue weighted by atomic mass is 10.1. The Labute approximate surface area is 91.5 Å². The average Bonchev–Trinajstić information content (AvgIpc) is 2.31. The van der Waals surface area contributed by atoms with Crippen molar-refractivity contribution < 1.29 is 9.47 Å². The number of benzene rings is 1. The Hall–Kier alpha value is -1.44. The molecule has 0 unspecified atom stereocenters. The Morgan fingerprint density at radius 3 is 2.33 bits per heavy atom. The van der Waals surface area contributed by atoms with Gasteiger partial charge in [0.25, 0.3) is 0 Å². The summed E-state index contributed by atoms with van der Waals surface area (Å²) in [4.78, 5) is 0. The van der Waals surface area contributed by atoms with Crippen LogP contribution in [0.5, 0.6) is 11.5 Å². The van der Waals surface area contributed by atoms with Crippen LogP contribution in [0.15, 0.2) is 24.8 Å². The van der Waals surface area contributed by atoms with Crippen molar-refractivity contribution in [2.45, 2.75) is 20.8 Å². The van der Waals surface area contributed by atoms with Crippen LogP contribution >= 0.6 is 0 Å². The van der Waals surface area contributed by atoms with Gasteiger partial charge in [-0.25, -0.2) is 0 Å². The molecular formula is C13H18O2. The van der Waals surface area contributed by atoms with Gasteiger partial charge in [-0.05, 0) is 24.6 Å². The first kappa shape index (κ1) is 11.6. The number of hydrogen-bond acceptors (Lipinski definition) is 2. The van der Waals surface area contributed by atoms with E-state index in [0.29, 0.717) is 13.2 Å². The van der Waals surface area contributed by atoms with E-state index in [2.05, 4.69) is 6.58 Å². The van der Waals surface area contributed by atoms with Crippen LogP contribution in [0.4, 0.5) is 0 Å². The molecule has 82 valence electrons. The highest BCUT2D eigenvalue weighted by Gasteiger charge is 2.11. The van der Waals surface area contributed by atoms with Crippen LogP contribution in [0.25, 0.3) is 5.57 Å². The number of allylic oxidation sites excluding steroid dienone is 1. The van der Waals surface area contributed by atoms with Crippen LogP contribution < -0.4 is 9.47 Å². The predicted octanol–water partition coefficient (Wildman–Crippen LogP) is 3.52. The maximum atomic E-state index is 5.45. The second kappa shape index (κ2) is 5.44. The normalized spacial score (nSPS) is 12.5. The maximum absolute atomic E-state index is 5.45. The number of rotatable bonds is 1. The van der Waals surface area contributed by atoms with Gasteiger partial charge in [-0.15, -0.1) is 0 Å². The Kier molecular flexibility index (Phi) is 4.22. The molecule has 0 fully saturated rings. The van der Waals surface area contributed by atoms with Crippen LogP contribution in [-0.2, 0) is 0 Å². The van der Waals surface area contributed by atoms with Gasteiger partial charge in [0.05, 0.1) is 0 Å². The smallest absolute Gasteiger partial charge is 0.161 e. The average molecular weight is 206 g/mol. The molecule has 0 radical (unpaired) electrons. The molecule has 2 nitrogen and oxygen atoms in total. The van der Waals surface area contributed by atoms with Crippen LogP contribution in [-0.4, -0.2) is 13.2 Å². The minimum Gasteiger partial charge on any atom is -0.486 e. The second-order valence-electron chi connectivity index (χ2n) is 3.14. The van der Waals surface area contributed by atoms with Crippen molar-refractivity contribution in [1.29, 1.82) is 0 Å². The Balaban J connectivity index is 0.000000531. The summed E-state index contributed by atoms with van der Waals surface area (Å²) in [7, 11) is 0. The molecule has 0 atom stereocenters. The summed E-state index contributed by atoms with van der Waals surface area (Å²) in [6.45, 7) is 11.1. The minimum absolute atomic E-state index is 0.632. The summed E-state index contributed by atoms with van der Waals surface area (Å²) in [6, 6.07) is 5.89. The maximum Gasteiger partial charge on any atom is 0.161 e. The van der Waals surface area contributed by atoms with Gasteiger partial charge in [-0.3, -0.25) is 0 Å². The van der Waals surface area contributed by atoms with Gasteiger partial charge in [0.1, 0.15) is 13.2 Å². The van der Waals surface area contributed by atoms with E-state index in [0.717, 1.165) is 22.6 Å². The topological polar surface area (TPSA) is 18.5 Å². The fraction of sp³-hybridized carbons (Fsp3) is 0.385. The first-order chi connectivity index (χ1) is 7.27. The lowest BCUT2D eigenvalue weighted by molar-refractivity contribution is 0.171. The lowest BCUT2D eigenvalue weighted by Gasteiger charge is -2.18. The van der Waals surface area contributed by atoms with E-state index in [-0.39, 0.29) is 0 Å². The molecule has 1 aromatic carbocycles. The molecule has 0 aromatic heterocycles. The van der Waals surface area contributed by atoms with Crippen LogP contribution in [0.3, 0.4) is 0 Å². The van der Waals surface area contributed by atoms with Gasteiger partial charge in [0.15, 0.2) is 11.5 Å². The minimum atomic E-state index is 0.632. The highest BCUT2D eigenvalue weighted by Crippen LogP contribution is 2.32. The molecular weight excluding hydrogens is 188 g/mol. The molecule has 2 heteroatoms. The van der Waals surface area contributed by atoms with Crippen molar-refractivity contribution >= 4 is 5.57 Å². The Bertz CT molecular complexity index is 342. The van der Waals surface area contributed by atoms with Gasteiger partial charge in [0.2, 0.25) is 0 Å². The number of ether oxygens (including phenoxy) is 2.